The molecule has 5 nitrogen and oxygen atoms in total. The third-order valence-electron chi connectivity index (χ3n) is 3.81. The number of ketones is 1. The summed E-state index contributed by atoms with van der Waals surface area (Å²) in [5.74, 6) is 0.441. The number of halogens is 1. The van der Waals surface area contributed by atoms with Crippen molar-refractivity contribution in [3.05, 3.63) is 40.3 Å². The second kappa shape index (κ2) is 6.37. The molecule has 0 saturated carbocycles. The van der Waals surface area contributed by atoms with Crippen LogP contribution in [0.15, 0.2) is 23.5 Å². The van der Waals surface area contributed by atoms with E-state index in [-0.39, 0.29) is 5.78 Å². The molecule has 3 aromatic heterocycles. The molecule has 0 radical (unpaired) electrons. The highest BCUT2D eigenvalue weighted by molar-refractivity contribution is 7.99. The Morgan fingerprint density at radius 2 is 2.17 bits per heavy atom. The second-order valence-electron chi connectivity index (χ2n) is 5.31. The maximum Gasteiger partial charge on any atom is 0.178 e. The first kappa shape index (κ1) is 16.1. The number of aromatic nitrogens is 4. The van der Waals surface area contributed by atoms with Crippen molar-refractivity contribution in [3.8, 4) is 0 Å². The Bertz CT molecular complexity index is 884. The van der Waals surface area contributed by atoms with Crippen LogP contribution in [-0.2, 0) is 6.54 Å². The van der Waals surface area contributed by atoms with Crippen molar-refractivity contribution in [2.75, 3.05) is 5.75 Å². The predicted molar refractivity (Wildman–Crippen MR) is 93.5 cm³/mol. The first-order valence-corrected chi connectivity index (χ1v) is 8.70. The number of nitrogens with one attached hydrogen (secondary N) is 1. The van der Waals surface area contributed by atoms with E-state index in [1.54, 1.807) is 12.3 Å². The highest BCUT2D eigenvalue weighted by Crippen LogP contribution is 2.23. The summed E-state index contributed by atoms with van der Waals surface area (Å²) in [6, 6.07) is 3.74. The van der Waals surface area contributed by atoms with Crippen LogP contribution in [0, 0.1) is 13.8 Å². The van der Waals surface area contributed by atoms with Crippen LogP contribution in [0.25, 0.3) is 11.2 Å². The van der Waals surface area contributed by atoms with Gasteiger partial charge in [-0.05, 0) is 32.9 Å². The standard InChI is InChI=1S/C16H17ClN4OS/c1-4-21-9(2)5-12(10(21)3)14(22)8-23-16-19-13-6-11(17)7-18-15(13)20-16/h5-7H,4,8H2,1-3H3,(H,18,19,20). The minimum absolute atomic E-state index is 0.106. The van der Waals surface area contributed by atoms with E-state index in [2.05, 4.69) is 26.4 Å². The van der Waals surface area contributed by atoms with Gasteiger partial charge in [-0.15, -0.1) is 0 Å². The number of pyridine rings is 1. The zero-order valence-corrected chi connectivity index (χ0v) is 14.8. The summed E-state index contributed by atoms with van der Waals surface area (Å²) in [4.78, 5) is 24.1. The molecule has 0 saturated heterocycles. The average Bonchev–Trinajstić information content (AvgIpc) is 3.04. The summed E-state index contributed by atoms with van der Waals surface area (Å²) >= 11 is 7.29. The summed E-state index contributed by atoms with van der Waals surface area (Å²) in [6.07, 6.45) is 1.56. The summed E-state index contributed by atoms with van der Waals surface area (Å²) < 4.78 is 2.14. The molecule has 0 atom stereocenters. The van der Waals surface area contributed by atoms with Gasteiger partial charge in [-0.3, -0.25) is 4.79 Å². The molecule has 0 amide bonds. The Hall–Kier alpha value is -1.79. The second-order valence-corrected chi connectivity index (χ2v) is 6.71. The lowest BCUT2D eigenvalue weighted by Gasteiger charge is -2.05. The number of aromatic amines is 1. The van der Waals surface area contributed by atoms with Gasteiger partial charge >= 0.3 is 0 Å². The van der Waals surface area contributed by atoms with E-state index in [0.29, 0.717) is 21.6 Å². The van der Waals surface area contributed by atoms with E-state index in [9.17, 15) is 4.79 Å². The van der Waals surface area contributed by atoms with Crippen molar-refractivity contribution < 1.29 is 4.79 Å². The van der Waals surface area contributed by atoms with Gasteiger partial charge in [-0.1, -0.05) is 23.4 Å². The van der Waals surface area contributed by atoms with Gasteiger partial charge in [-0.2, -0.15) is 0 Å². The van der Waals surface area contributed by atoms with E-state index in [4.69, 9.17) is 11.6 Å². The fourth-order valence-electron chi connectivity index (χ4n) is 2.70. The number of H-pyrrole nitrogens is 1. The van der Waals surface area contributed by atoms with Crippen molar-refractivity contribution in [1.82, 2.24) is 19.5 Å². The number of nitrogens with zero attached hydrogens (tertiary/aromatic N) is 3. The Labute approximate surface area is 143 Å². The number of imidazole rings is 1. The average molecular weight is 349 g/mol. The number of hydrogen-bond donors (Lipinski definition) is 1. The fraction of sp³-hybridized carbons (Fsp3) is 0.312. The topological polar surface area (TPSA) is 63.6 Å². The van der Waals surface area contributed by atoms with Gasteiger partial charge in [0.1, 0.15) is 0 Å². The molecule has 7 heteroatoms. The summed E-state index contributed by atoms with van der Waals surface area (Å²) in [5.41, 5.74) is 4.30. The number of carbonyl (C=O) groups is 1. The van der Waals surface area contributed by atoms with Gasteiger partial charge in [0.2, 0.25) is 0 Å². The van der Waals surface area contributed by atoms with Crippen LogP contribution in [-0.4, -0.2) is 31.1 Å². The Morgan fingerprint density at radius 3 is 2.87 bits per heavy atom. The van der Waals surface area contributed by atoms with Crippen LogP contribution >= 0.6 is 23.4 Å². The minimum Gasteiger partial charge on any atom is -0.349 e. The minimum atomic E-state index is 0.106. The molecule has 23 heavy (non-hydrogen) atoms. The Kier molecular flexibility index (Phi) is 4.46. The molecule has 3 aromatic rings. The largest absolute Gasteiger partial charge is 0.349 e. The van der Waals surface area contributed by atoms with Crippen LogP contribution in [0.1, 0.15) is 28.7 Å². The third-order valence-corrected chi connectivity index (χ3v) is 4.89. The van der Waals surface area contributed by atoms with E-state index in [1.807, 2.05) is 19.9 Å². The molecule has 0 aliphatic heterocycles. The highest BCUT2D eigenvalue weighted by Gasteiger charge is 2.16. The lowest BCUT2D eigenvalue weighted by molar-refractivity contribution is 0.102. The van der Waals surface area contributed by atoms with Gasteiger partial charge in [0.15, 0.2) is 16.6 Å². The molecule has 0 spiro atoms. The van der Waals surface area contributed by atoms with E-state index < -0.39 is 0 Å². The Balaban J connectivity index is 1.75. The van der Waals surface area contributed by atoms with Gasteiger partial charge in [0, 0.05) is 29.7 Å². The van der Waals surface area contributed by atoms with Crippen LogP contribution in [0.2, 0.25) is 5.02 Å². The number of carbonyl (C=O) groups excluding carboxylic acids is 1. The van der Waals surface area contributed by atoms with Crippen molar-refractivity contribution >= 4 is 40.3 Å². The number of Topliss-reactive ketones (excluding diaryl/α,β-unsaturated/α-hetero) is 1. The molecule has 3 heterocycles. The van der Waals surface area contributed by atoms with Crippen molar-refractivity contribution in [2.24, 2.45) is 0 Å². The normalized spacial score (nSPS) is 11.3. The SMILES string of the molecule is CCn1c(C)cc(C(=O)CSc2nc3ncc(Cl)cc3[nH]2)c1C. The number of thioether (sulfide) groups is 1. The number of aryl methyl sites for hydroxylation is 1. The lowest BCUT2D eigenvalue weighted by Crippen LogP contribution is -2.06. The summed E-state index contributed by atoms with van der Waals surface area (Å²) in [6.45, 7) is 6.96. The van der Waals surface area contributed by atoms with Crippen LogP contribution in [0.5, 0.6) is 0 Å². The molecule has 0 fully saturated rings. The van der Waals surface area contributed by atoms with Crippen LogP contribution in [0.4, 0.5) is 0 Å². The predicted octanol–water partition coefficient (Wildman–Crippen LogP) is 4.02. The lowest BCUT2D eigenvalue weighted by atomic mass is 10.2. The smallest absolute Gasteiger partial charge is 0.178 e. The molecule has 0 bridgehead atoms. The maximum atomic E-state index is 12.5. The van der Waals surface area contributed by atoms with E-state index in [0.717, 1.165) is 29.0 Å². The first-order chi connectivity index (χ1) is 11.0. The molecule has 3 rings (SSSR count). The fourth-order valence-corrected chi connectivity index (χ4v) is 3.62. The van der Waals surface area contributed by atoms with Crippen molar-refractivity contribution in [3.63, 3.8) is 0 Å². The molecular weight excluding hydrogens is 332 g/mol. The van der Waals surface area contributed by atoms with Crippen LogP contribution in [0.3, 0.4) is 0 Å². The zero-order chi connectivity index (χ0) is 16.6. The maximum absolute atomic E-state index is 12.5. The highest BCUT2D eigenvalue weighted by atomic mass is 35.5. The summed E-state index contributed by atoms with van der Waals surface area (Å²) in [7, 11) is 0. The number of fused-ring (bicyclic) bond motifs is 1. The van der Waals surface area contributed by atoms with Crippen molar-refractivity contribution in [1.29, 1.82) is 0 Å². The van der Waals surface area contributed by atoms with Gasteiger partial charge < -0.3 is 9.55 Å². The first-order valence-electron chi connectivity index (χ1n) is 7.33. The van der Waals surface area contributed by atoms with E-state index in [1.165, 1.54) is 11.8 Å². The molecule has 0 aliphatic carbocycles. The molecule has 1 N–H and O–H groups in total. The summed E-state index contributed by atoms with van der Waals surface area (Å²) in [5, 5.41) is 1.23. The third kappa shape index (κ3) is 3.14. The monoisotopic (exact) mass is 348 g/mol. The van der Waals surface area contributed by atoms with Gasteiger partial charge in [0.25, 0.3) is 0 Å². The van der Waals surface area contributed by atoms with Crippen LogP contribution < -0.4 is 0 Å². The van der Waals surface area contributed by atoms with Crippen molar-refractivity contribution in [2.45, 2.75) is 32.5 Å². The number of hydrogen-bond acceptors (Lipinski definition) is 4. The van der Waals surface area contributed by atoms with E-state index >= 15 is 0 Å². The molecular formula is C16H17ClN4OS. The molecule has 120 valence electrons. The molecule has 0 aromatic carbocycles. The molecule has 0 aliphatic rings. The quantitative estimate of drug-likeness (QED) is 0.558. The molecule has 0 unspecified atom stereocenters. The number of rotatable bonds is 5. The Morgan fingerprint density at radius 1 is 1.39 bits per heavy atom. The zero-order valence-electron chi connectivity index (χ0n) is 13.2. The van der Waals surface area contributed by atoms with Gasteiger partial charge in [0.05, 0.1) is 16.3 Å². The van der Waals surface area contributed by atoms with Gasteiger partial charge in [-0.25, -0.2) is 9.97 Å².